The van der Waals surface area contributed by atoms with Gasteiger partial charge in [-0.3, -0.25) is 0 Å². The van der Waals surface area contributed by atoms with E-state index in [0.717, 1.165) is 0 Å². The summed E-state index contributed by atoms with van der Waals surface area (Å²) >= 11 is 0. The van der Waals surface area contributed by atoms with E-state index in [-0.39, 0.29) is 11.5 Å². The molecular weight excluding hydrogens is 152 g/mol. The summed E-state index contributed by atoms with van der Waals surface area (Å²) in [7, 11) is 0. The fourth-order valence-corrected chi connectivity index (χ4v) is 0.721. The van der Waals surface area contributed by atoms with Crippen LogP contribution in [0.25, 0.3) is 0 Å². The Labute approximate surface area is 71.1 Å². The van der Waals surface area contributed by atoms with Crippen LogP contribution in [0.5, 0.6) is 11.5 Å². The van der Waals surface area contributed by atoms with Gasteiger partial charge in [0.1, 0.15) is 0 Å². The summed E-state index contributed by atoms with van der Waals surface area (Å²) in [5.41, 5.74) is 0. The maximum absolute atomic E-state index is 9.13. The van der Waals surface area contributed by atoms with Gasteiger partial charge in [-0.05, 0) is 12.1 Å². The van der Waals surface area contributed by atoms with Gasteiger partial charge in [0.15, 0.2) is 11.5 Å². The van der Waals surface area contributed by atoms with Gasteiger partial charge in [0.05, 0.1) is 0 Å². The highest BCUT2D eigenvalue weighted by Gasteiger charge is 1.87. The molecule has 0 aromatic heterocycles. The van der Waals surface area contributed by atoms with Crippen LogP contribution < -0.4 is 0 Å². The van der Waals surface area contributed by atoms with Crippen LogP contribution in [-0.4, -0.2) is 10.2 Å². The SMILES string of the molecule is Oc1ccccccccc1O. The molecule has 0 spiro atoms. The van der Waals surface area contributed by atoms with Crippen molar-refractivity contribution in [2.45, 2.75) is 0 Å². The Bertz CT molecular complexity index is 275. The van der Waals surface area contributed by atoms with E-state index in [1.54, 1.807) is 24.3 Å². The molecule has 0 bridgehead atoms. The molecule has 2 heteroatoms. The number of aromatic hydroxyl groups is 2. The van der Waals surface area contributed by atoms with E-state index in [1.807, 2.05) is 12.1 Å². The van der Waals surface area contributed by atoms with Crippen molar-refractivity contribution in [1.29, 1.82) is 0 Å². The van der Waals surface area contributed by atoms with Crippen LogP contribution in [0.3, 0.4) is 0 Å². The predicted molar refractivity (Wildman–Crippen MR) is 47.4 cm³/mol. The highest BCUT2D eigenvalue weighted by molar-refractivity contribution is 5.33. The molecule has 12 heavy (non-hydrogen) atoms. The second-order valence-corrected chi connectivity index (χ2v) is 2.26. The lowest BCUT2D eigenvalue weighted by atomic mass is 10.3. The molecule has 62 valence electrons. The lowest BCUT2D eigenvalue weighted by Crippen LogP contribution is -1.60. The largest absolute Gasteiger partial charge is 0.504 e. The van der Waals surface area contributed by atoms with Crippen molar-refractivity contribution in [3.05, 3.63) is 48.5 Å². The number of hydrogen-bond donors (Lipinski definition) is 2. The van der Waals surface area contributed by atoms with Crippen LogP contribution in [0.2, 0.25) is 0 Å². The van der Waals surface area contributed by atoms with E-state index >= 15 is 0 Å². The molecule has 1 aromatic rings. The molecule has 1 aromatic carbocycles. The molecule has 0 radical (unpaired) electrons. The van der Waals surface area contributed by atoms with Gasteiger partial charge in [0.25, 0.3) is 0 Å². The molecule has 0 aliphatic carbocycles. The minimum Gasteiger partial charge on any atom is -0.504 e. The minimum absolute atomic E-state index is 0.133. The summed E-state index contributed by atoms with van der Waals surface area (Å²) in [6.07, 6.45) is 0. The third-order valence-electron chi connectivity index (χ3n) is 1.33. The molecule has 0 fully saturated rings. The highest BCUT2D eigenvalue weighted by atomic mass is 16.3. The molecule has 0 atom stereocenters. The first kappa shape index (κ1) is 8.40. The van der Waals surface area contributed by atoms with Crippen LogP contribution in [0.1, 0.15) is 0 Å². The predicted octanol–water partition coefficient (Wildman–Crippen LogP) is 2.22. The fraction of sp³-hybridized carbons (Fsp3) is 0. The third kappa shape index (κ3) is 2.50. The first-order valence-corrected chi connectivity index (χ1v) is 3.61. The second-order valence-electron chi connectivity index (χ2n) is 2.26. The fourth-order valence-electron chi connectivity index (χ4n) is 0.721. The monoisotopic (exact) mass is 162 g/mol. The minimum atomic E-state index is -0.133. The lowest BCUT2D eigenvalue weighted by Gasteiger charge is -1.88. The summed E-state index contributed by atoms with van der Waals surface area (Å²) in [5, 5.41) is 18.3. The van der Waals surface area contributed by atoms with E-state index in [2.05, 4.69) is 0 Å². The van der Waals surface area contributed by atoms with Crippen molar-refractivity contribution < 1.29 is 10.2 Å². The maximum atomic E-state index is 9.13. The lowest BCUT2D eigenvalue weighted by molar-refractivity contribution is 0.404. The Hall–Kier alpha value is -1.70. The van der Waals surface area contributed by atoms with Gasteiger partial charge in [0.2, 0.25) is 0 Å². The smallest absolute Gasteiger partial charge is 0.157 e. The summed E-state index contributed by atoms with van der Waals surface area (Å²) < 4.78 is 0. The molecule has 2 N–H and O–H groups in total. The molecule has 0 amide bonds. The quantitative estimate of drug-likeness (QED) is 0.614. The van der Waals surface area contributed by atoms with Crippen molar-refractivity contribution in [1.82, 2.24) is 0 Å². The van der Waals surface area contributed by atoms with Crippen molar-refractivity contribution >= 4 is 0 Å². The van der Waals surface area contributed by atoms with E-state index in [0.29, 0.717) is 0 Å². The molecule has 2 nitrogen and oxygen atoms in total. The highest BCUT2D eigenvalue weighted by Crippen LogP contribution is 2.19. The second kappa shape index (κ2) is 4.23. The summed E-state index contributed by atoms with van der Waals surface area (Å²) in [6, 6.07) is 13.3. The molecule has 0 aliphatic heterocycles. The Morgan fingerprint density at radius 1 is 0.583 bits per heavy atom. The third-order valence-corrected chi connectivity index (χ3v) is 1.33. The van der Waals surface area contributed by atoms with Gasteiger partial charge in [-0.1, -0.05) is 36.4 Å². The number of hydrogen-bond acceptors (Lipinski definition) is 2. The molecule has 0 heterocycles. The average molecular weight is 162 g/mol. The Morgan fingerprint density at radius 3 is 1.33 bits per heavy atom. The standard InChI is InChI=1S/C10H10O2/c11-9-7-5-3-1-2-4-6-8-10(9)12/h1-8,11-12H. The zero-order valence-electron chi connectivity index (χ0n) is 6.51. The van der Waals surface area contributed by atoms with Crippen LogP contribution in [0.15, 0.2) is 48.5 Å². The van der Waals surface area contributed by atoms with Gasteiger partial charge >= 0.3 is 0 Å². The normalized spacial score (nSPS) is 8.67. The van der Waals surface area contributed by atoms with Gasteiger partial charge in [0, 0.05) is 0 Å². The van der Waals surface area contributed by atoms with Crippen molar-refractivity contribution in [3.8, 4) is 11.5 Å². The zero-order valence-corrected chi connectivity index (χ0v) is 6.51. The molecule has 1 rings (SSSR count). The Kier molecular flexibility index (Phi) is 2.96. The number of rotatable bonds is 0. The Balaban J connectivity index is 3.25. The molecule has 0 saturated heterocycles. The van der Waals surface area contributed by atoms with Crippen molar-refractivity contribution in [3.63, 3.8) is 0 Å². The summed E-state index contributed by atoms with van der Waals surface area (Å²) in [6.45, 7) is 0. The zero-order chi connectivity index (χ0) is 8.81. The van der Waals surface area contributed by atoms with E-state index < -0.39 is 0 Å². The van der Waals surface area contributed by atoms with Gasteiger partial charge < -0.3 is 10.2 Å². The van der Waals surface area contributed by atoms with Crippen molar-refractivity contribution in [2.75, 3.05) is 0 Å². The van der Waals surface area contributed by atoms with Crippen LogP contribution in [-0.2, 0) is 0 Å². The van der Waals surface area contributed by atoms with Gasteiger partial charge in [-0.2, -0.15) is 0 Å². The van der Waals surface area contributed by atoms with E-state index in [1.165, 1.54) is 12.1 Å². The van der Waals surface area contributed by atoms with Crippen LogP contribution in [0.4, 0.5) is 0 Å². The summed E-state index contributed by atoms with van der Waals surface area (Å²) in [5.74, 6) is -0.266. The Morgan fingerprint density at radius 2 is 0.917 bits per heavy atom. The first-order valence-electron chi connectivity index (χ1n) is 3.61. The van der Waals surface area contributed by atoms with Gasteiger partial charge in [-0.15, -0.1) is 0 Å². The van der Waals surface area contributed by atoms with E-state index in [9.17, 15) is 0 Å². The van der Waals surface area contributed by atoms with Crippen molar-refractivity contribution in [2.24, 2.45) is 0 Å². The van der Waals surface area contributed by atoms with Gasteiger partial charge in [-0.25, -0.2) is 0 Å². The van der Waals surface area contributed by atoms with Crippen LogP contribution in [0, 0.1) is 0 Å². The molecule has 0 unspecified atom stereocenters. The molecule has 0 aliphatic rings. The average Bonchev–Trinajstić information content (AvgIpc) is 2.08. The topological polar surface area (TPSA) is 40.5 Å². The maximum Gasteiger partial charge on any atom is 0.157 e. The first-order chi connectivity index (χ1) is 5.80. The van der Waals surface area contributed by atoms with Crippen LogP contribution >= 0.6 is 0 Å². The molecular formula is C10H10O2. The summed E-state index contributed by atoms with van der Waals surface area (Å²) in [4.78, 5) is 0. The molecule has 0 saturated carbocycles. The van der Waals surface area contributed by atoms with E-state index in [4.69, 9.17) is 10.2 Å².